The molecule has 172 valence electrons. The van der Waals surface area contributed by atoms with Crippen LogP contribution < -0.4 is 13.7 Å². The van der Waals surface area contributed by atoms with Gasteiger partial charge >= 0.3 is 6.17 Å². The average molecular weight is 477 g/mol. The van der Waals surface area contributed by atoms with Gasteiger partial charge in [-0.2, -0.15) is 4.57 Å². The number of benzene rings is 2. The lowest BCUT2D eigenvalue weighted by Gasteiger charge is -2.28. The van der Waals surface area contributed by atoms with Crippen molar-refractivity contribution in [1.29, 1.82) is 0 Å². The first-order valence-corrected chi connectivity index (χ1v) is 13.6. The lowest BCUT2D eigenvalue weighted by atomic mass is 9.78. The highest BCUT2D eigenvalue weighted by Crippen LogP contribution is 2.47. The minimum Gasteiger partial charge on any atom is -0.176 e. The largest absolute Gasteiger partial charge is 0.360 e. The van der Waals surface area contributed by atoms with E-state index in [0.717, 1.165) is 19.3 Å². The maximum atomic E-state index is 2.72. The lowest BCUT2D eigenvalue weighted by Crippen LogP contribution is -2.59. The Morgan fingerprint density at radius 1 is 0.771 bits per heavy atom. The van der Waals surface area contributed by atoms with Crippen molar-refractivity contribution in [3.63, 3.8) is 0 Å². The molecule has 2 aliphatic rings. The Kier molecular flexibility index (Phi) is 4.68. The summed E-state index contributed by atoms with van der Waals surface area (Å²) >= 11 is 1.95. The molecule has 0 spiro atoms. The van der Waals surface area contributed by atoms with Gasteiger partial charge in [0.15, 0.2) is 17.9 Å². The molecule has 0 N–H and O–H groups in total. The van der Waals surface area contributed by atoms with Crippen molar-refractivity contribution in [2.75, 3.05) is 0 Å². The lowest BCUT2D eigenvalue weighted by molar-refractivity contribution is -0.915. The van der Waals surface area contributed by atoms with Crippen molar-refractivity contribution in [3.05, 3.63) is 103 Å². The van der Waals surface area contributed by atoms with Crippen LogP contribution in [0.15, 0.2) is 97.3 Å². The maximum absolute atomic E-state index is 2.72. The van der Waals surface area contributed by atoms with E-state index in [4.69, 9.17) is 0 Å². The normalized spacial score (nSPS) is 17.9. The van der Waals surface area contributed by atoms with E-state index in [1.807, 2.05) is 11.3 Å². The van der Waals surface area contributed by atoms with E-state index in [1.165, 1.54) is 37.7 Å². The molecule has 3 aromatic heterocycles. The van der Waals surface area contributed by atoms with Gasteiger partial charge in [-0.25, -0.2) is 0 Å². The van der Waals surface area contributed by atoms with E-state index >= 15 is 0 Å². The van der Waals surface area contributed by atoms with E-state index < -0.39 is 0 Å². The molecule has 0 saturated carbocycles. The first-order valence-electron chi connectivity index (χ1n) is 12.8. The molecule has 2 aliphatic heterocycles. The molecule has 5 aromatic rings. The van der Waals surface area contributed by atoms with Crippen LogP contribution in [0.5, 0.6) is 0 Å². The van der Waals surface area contributed by atoms with Crippen LogP contribution in [0.3, 0.4) is 0 Å². The third kappa shape index (κ3) is 2.86. The van der Waals surface area contributed by atoms with Crippen LogP contribution in [-0.2, 0) is 5.54 Å². The molecule has 7 rings (SSSR count). The van der Waals surface area contributed by atoms with Crippen molar-refractivity contribution >= 4 is 21.6 Å². The van der Waals surface area contributed by atoms with E-state index in [2.05, 4.69) is 125 Å². The van der Waals surface area contributed by atoms with Crippen LogP contribution in [0, 0.1) is 0 Å². The number of hydrogen-bond acceptors (Lipinski definition) is 1. The summed E-state index contributed by atoms with van der Waals surface area (Å²) in [7, 11) is 0. The third-order valence-electron chi connectivity index (χ3n) is 8.47. The number of thiazole rings is 1. The fourth-order valence-electron chi connectivity index (χ4n) is 6.71. The summed E-state index contributed by atoms with van der Waals surface area (Å²) in [5.41, 5.74) is 6.88. The molecule has 0 radical (unpaired) electrons. The zero-order chi connectivity index (χ0) is 23.6. The zero-order valence-corrected chi connectivity index (χ0v) is 21.1. The highest BCUT2D eigenvalue weighted by molar-refractivity contribution is 7.21. The first-order chi connectivity index (χ1) is 17.3. The van der Waals surface area contributed by atoms with Crippen LogP contribution in [0.4, 0.5) is 0 Å². The molecule has 0 aliphatic carbocycles. The van der Waals surface area contributed by atoms with Gasteiger partial charge in [0, 0.05) is 49.6 Å². The monoisotopic (exact) mass is 476 g/mol. The first kappa shape index (κ1) is 21.0. The van der Waals surface area contributed by atoms with E-state index in [0.29, 0.717) is 5.92 Å². The number of rotatable bonds is 3. The minimum absolute atomic E-state index is 0.0478. The summed E-state index contributed by atoms with van der Waals surface area (Å²) in [6, 6.07) is 31.4. The summed E-state index contributed by atoms with van der Waals surface area (Å²) in [6.45, 7) is 4.77. The molecule has 3 nitrogen and oxygen atoms in total. The summed E-state index contributed by atoms with van der Waals surface area (Å²) in [4.78, 5) is 0. The number of nitrogens with zero attached hydrogens (tertiary/aromatic N) is 3. The van der Waals surface area contributed by atoms with Gasteiger partial charge in [-0.15, -0.1) is 9.13 Å². The molecule has 35 heavy (non-hydrogen) atoms. The standard InChI is InChI=1S/C31H30N3S/c1-3-31(4-2)21-24(29-32-19-11-9-15-25(32)26-16-10-12-20-33(26)29)22-13-5-6-14-23(22)30-34(31)27-17-7-8-18-28(27)35-30/h5-20,24,29H,3-4,21H2,1-2H3/q+3. The fourth-order valence-corrected chi connectivity index (χ4v) is 8.01. The quantitative estimate of drug-likeness (QED) is 0.276. The summed E-state index contributed by atoms with van der Waals surface area (Å²) in [5.74, 6) is 0.344. The predicted molar refractivity (Wildman–Crippen MR) is 140 cm³/mol. The Morgan fingerprint density at radius 2 is 1.40 bits per heavy atom. The Balaban J connectivity index is 1.54. The van der Waals surface area contributed by atoms with Gasteiger partial charge in [-0.1, -0.05) is 55.5 Å². The van der Waals surface area contributed by atoms with Gasteiger partial charge in [0.05, 0.1) is 5.56 Å². The molecule has 0 amide bonds. The molecule has 0 saturated heterocycles. The second kappa shape index (κ2) is 7.82. The molecular formula is C31H30N3S+3. The predicted octanol–water partition coefficient (Wildman–Crippen LogP) is 6.16. The smallest absolute Gasteiger partial charge is 0.176 e. The van der Waals surface area contributed by atoms with Gasteiger partial charge in [0.2, 0.25) is 5.52 Å². The molecule has 0 bridgehead atoms. The zero-order valence-electron chi connectivity index (χ0n) is 20.3. The van der Waals surface area contributed by atoms with Gasteiger partial charge in [0.25, 0.3) is 16.4 Å². The van der Waals surface area contributed by atoms with Crippen molar-refractivity contribution in [2.24, 2.45) is 0 Å². The molecule has 1 atom stereocenters. The van der Waals surface area contributed by atoms with Crippen LogP contribution in [0.1, 0.15) is 50.8 Å². The van der Waals surface area contributed by atoms with Gasteiger partial charge < -0.3 is 0 Å². The number of fused-ring (bicyclic) bond motifs is 8. The topological polar surface area (TPSA) is 11.6 Å². The molecule has 2 aromatic carbocycles. The summed E-state index contributed by atoms with van der Waals surface area (Å²) in [6.07, 6.45) is 8.08. The van der Waals surface area contributed by atoms with Crippen LogP contribution in [0.25, 0.3) is 32.2 Å². The second-order valence-corrected chi connectivity index (χ2v) is 11.0. The van der Waals surface area contributed by atoms with E-state index in [1.54, 1.807) is 0 Å². The van der Waals surface area contributed by atoms with Crippen molar-refractivity contribution < 1.29 is 13.7 Å². The SMILES string of the molecule is CCC1(CC)CC(C2[n+]3ccccc3-c3cccc[n+]32)c2ccccc2-c2sc3ccccc3[n+]21. The van der Waals surface area contributed by atoms with Crippen LogP contribution >= 0.6 is 11.3 Å². The Bertz CT molecular complexity index is 1530. The van der Waals surface area contributed by atoms with Crippen LogP contribution in [-0.4, -0.2) is 0 Å². The molecule has 5 heterocycles. The molecule has 0 fully saturated rings. The number of aromatic nitrogens is 3. The Morgan fingerprint density at radius 3 is 2.11 bits per heavy atom. The van der Waals surface area contributed by atoms with E-state index in [-0.39, 0.29) is 11.7 Å². The minimum atomic E-state index is 0.0478. The van der Waals surface area contributed by atoms with Gasteiger partial charge in [0.1, 0.15) is 10.6 Å². The van der Waals surface area contributed by atoms with Crippen LogP contribution in [0.2, 0.25) is 0 Å². The van der Waals surface area contributed by atoms with Gasteiger partial charge in [-0.3, -0.25) is 0 Å². The highest BCUT2D eigenvalue weighted by Gasteiger charge is 2.56. The maximum Gasteiger partial charge on any atom is 0.360 e. The van der Waals surface area contributed by atoms with Crippen molar-refractivity contribution in [3.8, 4) is 22.0 Å². The Labute approximate surface area is 210 Å². The Hall–Kier alpha value is -3.37. The second-order valence-electron chi connectivity index (χ2n) is 9.94. The van der Waals surface area contributed by atoms with Crippen molar-refractivity contribution in [2.45, 2.75) is 50.7 Å². The number of hydrogen-bond donors (Lipinski definition) is 0. The number of para-hydroxylation sites is 1. The average Bonchev–Trinajstić information content (AvgIpc) is 3.44. The van der Waals surface area contributed by atoms with E-state index in [9.17, 15) is 0 Å². The third-order valence-corrected chi connectivity index (χ3v) is 9.63. The molecule has 4 heteroatoms. The molecular weight excluding hydrogens is 446 g/mol. The molecule has 1 unspecified atom stereocenters. The summed E-state index contributed by atoms with van der Waals surface area (Å²) < 4.78 is 9.11. The highest BCUT2D eigenvalue weighted by atomic mass is 32.1. The van der Waals surface area contributed by atoms with Crippen molar-refractivity contribution in [1.82, 2.24) is 0 Å². The van der Waals surface area contributed by atoms with Gasteiger partial charge in [-0.05, 0) is 29.8 Å². The summed E-state index contributed by atoms with van der Waals surface area (Å²) in [5, 5.41) is 1.41. The fraction of sp³-hybridized carbons (Fsp3) is 0.258. The number of pyridine rings is 2.